The first-order valence-electron chi connectivity index (χ1n) is 17.1. The van der Waals surface area contributed by atoms with Gasteiger partial charge in [0.1, 0.15) is 0 Å². The van der Waals surface area contributed by atoms with Crippen molar-refractivity contribution in [1.82, 2.24) is 9.97 Å². The fourth-order valence-electron chi connectivity index (χ4n) is 12.2. The maximum Gasteiger partial charge on any atom is 0.312 e. The second-order valence-electron chi connectivity index (χ2n) is 17.4. The first-order chi connectivity index (χ1) is 20.6. The lowest BCUT2D eigenvalue weighted by Gasteiger charge is -2.70. The Labute approximate surface area is 264 Å². The highest BCUT2D eigenvalue weighted by Crippen LogP contribution is 2.75. The molecule has 3 unspecified atom stereocenters. The normalized spacial score (nSPS) is 39.8. The zero-order valence-electron chi connectivity index (χ0n) is 28.3. The molecule has 3 fully saturated rings. The molecule has 5 nitrogen and oxygen atoms in total. The smallest absolute Gasteiger partial charge is 0.312 e. The number of methoxy groups -OCH3 is 1. The third-order valence-electron chi connectivity index (χ3n) is 14.6. The Kier molecular flexibility index (Phi) is 6.42. The van der Waals surface area contributed by atoms with Crippen LogP contribution in [-0.2, 0) is 21.4 Å². The number of nitrogens with zero attached hydrogens (tertiary/aromatic N) is 2. The van der Waals surface area contributed by atoms with Crippen molar-refractivity contribution in [3.63, 3.8) is 0 Å². The van der Waals surface area contributed by atoms with Crippen LogP contribution in [0, 0.1) is 44.8 Å². The highest BCUT2D eigenvalue weighted by Gasteiger charge is 2.69. The molecular weight excluding hydrogens is 542 g/mol. The monoisotopic (exact) mass is 595 g/mol. The van der Waals surface area contributed by atoms with E-state index >= 15 is 0 Å². The number of fused-ring (bicyclic) bond motifs is 8. The number of esters is 1. The van der Waals surface area contributed by atoms with Gasteiger partial charge in [-0.2, -0.15) is 0 Å². The summed E-state index contributed by atoms with van der Waals surface area (Å²) in [5, 5.41) is 0. The van der Waals surface area contributed by atoms with Crippen LogP contribution in [0.5, 0.6) is 0 Å². The molecule has 2 N–H and O–H groups in total. The molecule has 5 aliphatic carbocycles. The van der Waals surface area contributed by atoms with Crippen LogP contribution in [0.4, 0.5) is 5.95 Å². The van der Waals surface area contributed by atoms with Crippen LogP contribution in [-0.4, -0.2) is 23.0 Å². The molecule has 236 valence electrons. The Hall–Kier alpha value is -2.69. The molecular formula is C39H53N3O2. The first kappa shape index (κ1) is 30.0. The van der Waals surface area contributed by atoms with Gasteiger partial charge in [-0.25, -0.2) is 9.97 Å². The molecule has 0 spiro atoms. The Morgan fingerprint density at radius 2 is 1.61 bits per heavy atom. The van der Waals surface area contributed by atoms with E-state index < -0.39 is 0 Å². The number of rotatable bonds is 2. The van der Waals surface area contributed by atoms with E-state index in [0.29, 0.717) is 17.8 Å². The number of anilines is 1. The van der Waals surface area contributed by atoms with E-state index in [1.807, 2.05) is 0 Å². The van der Waals surface area contributed by atoms with E-state index in [9.17, 15) is 4.79 Å². The number of aromatic nitrogens is 2. The van der Waals surface area contributed by atoms with Gasteiger partial charge in [0.15, 0.2) is 0 Å². The number of benzene rings is 1. The zero-order chi connectivity index (χ0) is 31.5. The van der Waals surface area contributed by atoms with Crippen molar-refractivity contribution in [2.75, 3.05) is 12.8 Å². The first-order valence-corrected chi connectivity index (χ1v) is 17.1. The molecule has 0 saturated heterocycles. The average Bonchev–Trinajstić information content (AvgIpc) is 2.97. The molecule has 7 rings (SSSR count). The molecule has 2 aromatic rings. The average molecular weight is 596 g/mol. The number of nitrogens with two attached hydrogens (primary N) is 1. The molecule has 0 amide bonds. The fraction of sp³-hybridized carbons (Fsp3) is 0.667. The fourth-order valence-corrected chi connectivity index (χ4v) is 12.2. The predicted octanol–water partition coefficient (Wildman–Crippen LogP) is 8.71. The summed E-state index contributed by atoms with van der Waals surface area (Å²) in [6.07, 6.45) is 12.2. The zero-order valence-corrected chi connectivity index (χ0v) is 28.3. The number of nitrogen functional groups attached to an aromatic ring is 1. The summed E-state index contributed by atoms with van der Waals surface area (Å²) in [7, 11) is 1.60. The minimum absolute atomic E-state index is 0.0299. The topological polar surface area (TPSA) is 78.1 Å². The second kappa shape index (κ2) is 9.42. The Morgan fingerprint density at radius 1 is 0.909 bits per heavy atom. The quantitative estimate of drug-likeness (QED) is 0.277. The summed E-state index contributed by atoms with van der Waals surface area (Å²) in [5.74, 6) is 1.71. The lowest BCUT2D eigenvalue weighted by atomic mass is 9.33. The van der Waals surface area contributed by atoms with Gasteiger partial charge >= 0.3 is 5.97 Å². The maximum absolute atomic E-state index is 13.6. The number of hydrogen-bond acceptors (Lipinski definition) is 5. The molecule has 0 bridgehead atoms. The second-order valence-corrected chi connectivity index (χ2v) is 17.4. The van der Waals surface area contributed by atoms with Gasteiger partial charge in [-0.15, -0.1) is 0 Å². The van der Waals surface area contributed by atoms with E-state index in [1.165, 1.54) is 18.4 Å². The molecule has 5 aliphatic rings. The predicted molar refractivity (Wildman–Crippen MR) is 177 cm³/mol. The Bertz CT molecular complexity index is 1540. The van der Waals surface area contributed by atoms with E-state index in [-0.39, 0.29) is 44.4 Å². The largest absolute Gasteiger partial charge is 0.469 e. The minimum atomic E-state index is -0.368. The van der Waals surface area contributed by atoms with Crippen molar-refractivity contribution in [2.45, 2.75) is 112 Å². The summed E-state index contributed by atoms with van der Waals surface area (Å²) >= 11 is 0. The molecule has 7 atom stereocenters. The van der Waals surface area contributed by atoms with E-state index in [4.69, 9.17) is 20.4 Å². The third-order valence-corrected chi connectivity index (χ3v) is 14.6. The van der Waals surface area contributed by atoms with Crippen LogP contribution in [0.2, 0.25) is 0 Å². The van der Waals surface area contributed by atoms with Crippen molar-refractivity contribution in [2.24, 2.45) is 44.8 Å². The highest BCUT2D eigenvalue weighted by atomic mass is 16.5. The number of hydrogen-bond donors (Lipinski definition) is 1. The standard InChI is InChI=1S/C39H53N3O2/c1-34(2)18-20-39(32(43)44-8)21-19-37(6)26(27(39)23-34)14-15-29-36(5)22-25-30(24-12-10-9-11-13-24)41-33(40)42-31(25)35(3,4)28(36)16-17-38(29,37)7/h9-14,27-29H,15-23H2,1-8H3,(H2,40,41,42)/t27?,28?,29?,36-,37+,38+,39-/m0/s1. The Balaban J connectivity index is 1.36. The summed E-state index contributed by atoms with van der Waals surface area (Å²) in [4.78, 5) is 23.5. The van der Waals surface area contributed by atoms with Gasteiger partial charge in [0.2, 0.25) is 5.95 Å². The molecule has 44 heavy (non-hydrogen) atoms. The highest BCUT2D eigenvalue weighted by molar-refractivity contribution is 5.78. The van der Waals surface area contributed by atoms with E-state index in [0.717, 1.165) is 61.9 Å². The molecule has 5 heteroatoms. The van der Waals surface area contributed by atoms with Crippen LogP contribution in [0.1, 0.15) is 111 Å². The van der Waals surface area contributed by atoms with Gasteiger partial charge in [0.25, 0.3) is 0 Å². The molecule has 3 saturated carbocycles. The van der Waals surface area contributed by atoms with Gasteiger partial charge < -0.3 is 10.5 Å². The molecule has 1 aromatic carbocycles. The van der Waals surface area contributed by atoms with E-state index in [2.05, 4.69) is 84.9 Å². The van der Waals surface area contributed by atoms with Crippen molar-refractivity contribution >= 4 is 11.9 Å². The van der Waals surface area contributed by atoms with Crippen LogP contribution < -0.4 is 5.73 Å². The van der Waals surface area contributed by atoms with Crippen LogP contribution in [0.3, 0.4) is 0 Å². The number of carbonyl (C=O) groups is 1. The molecule has 1 heterocycles. The SMILES string of the molecule is COC(=O)[C@]12CCC(C)(C)CC1C1=CCC3[C@@]4(C)Cc5c(-c6ccccc6)nc(N)nc5C(C)(C)C4CC[C@@]3(C)[C@]1(C)CC2. The number of carbonyl (C=O) groups excluding carboxylic acids is 1. The van der Waals surface area contributed by atoms with Gasteiger partial charge in [0.05, 0.1) is 23.9 Å². The number of allylic oxidation sites excluding steroid dienone is 2. The van der Waals surface area contributed by atoms with Crippen LogP contribution in [0.25, 0.3) is 11.3 Å². The van der Waals surface area contributed by atoms with Crippen LogP contribution in [0.15, 0.2) is 42.0 Å². The Morgan fingerprint density at radius 3 is 2.32 bits per heavy atom. The van der Waals surface area contributed by atoms with Gasteiger partial charge in [-0.05, 0) is 97.2 Å². The van der Waals surface area contributed by atoms with Crippen LogP contribution >= 0.6 is 0 Å². The van der Waals surface area contributed by atoms with Crippen molar-refractivity contribution < 1.29 is 9.53 Å². The van der Waals surface area contributed by atoms with Crippen molar-refractivity contribution in [1.29, 1.82) is 0 Å². The number of ether oxygens (including phenoxy) is 1. The summed E-state index contributed by atoms with van der Waals surface area (Å²) in [6.45, 7) is 17.5. The third kappa shape index (κ3) is 3.79. The van der Waals surface area contributed by atoms with Crippen molar-refractivity contribution in [3.8, 4) is 11.3 Å². The summed E-state index contributed by atoms with van der Waals surface area (Å²) in [6, 6.07) is 10.6. The van der Waals surface area contributed by atoms with Gasteiger partial charge in [0, 0.05) is 16.5 Å². The lowest BCUT2D eigenvalue weighted by molar-refractivity contribution is -0.179. The summed E-state index contributed by atoms with van der Waals surface area (Å²) in [5.41, 5.74) is 12.6. The van der Waals surface area contributed by atoms with E-state index in [1.54, 1.807) is 12.7 Å². The maximum atomic E-state index is 13.6. The molecule has 1 aromatic heterocycles. The molecule has 0 radical (unpaired) electrons. The van der Waals surface area contributed by atoms with Gasteiger partial charge in [-0.3, -0.25) is 4.79 Å². The lowest BCUT2D eigenvalue weighted by Crippen LogP contribution is -2.65. The van der Waals surface area contributed by atoms with Gasteiger partial charge in [-0.1, -0.05) is 90.4 Å². The minimum Gasteiger partial charge on any atom is -0.469 e. The molecule has 0 aliphatic heterocycles. The van der Waals surface area contributed by atoms with Crippen molar-refractivity contribution in [3.05, 3.63) is 53.2 Å². The summed E-state index contributed by atoms with van der Waals surface area (Å²) < 4.78 is 5.57.